The van der Waals surface area contributed by atoms with Crippen LogP contribution in [0.25, 0.3) is 16.6 Å². The van der Waals surface area contributed by atoms with Crippen LogP contribution in [0.15, 0.2) is 47.4 Å². The van der Waals surface area contributed by atoms with E-state index in [1.54, 1.807) is 19.2 Å². The maximum atomic E-state index is 14.9. The molecule has 5 rings (SSSR count). The second kappa shape index (κ2) is 12.5. The van der Waals surface area contributed by atoms with Crippen molar-refractivity contribution in [3.05, 3.63) is 92.4 Å². The van der Waals surface area contributed by atoms with Crippen LogP contribution in [0.4, 0.5) is 4.39 Å². The average Bonchev–Trinajstić information content (AvgIpc) is 3.35. The lowest BCUT2D eigenvalue weighted by Crippen LogP contribution is -2.39. The summed E-state index contributed by atoms with van der Waals surface area (Å²) in [7, 11) is 1.58. The molecule has 1 saturated heterocycles. The summed E-state index contributed by atoms with van der Waals surface area (Å²) >= 11 is 0. The van der Waals surface area contributed by atoms with Gasteiger partial charge in [0.1, 0.15) is 11.6 Å². The first-order valence-corrected chi connectivity index (χ1v) is 13.3. The van der Waals surface area contributed by atoms with Gasteiger partial charge < -0.3 is 24.6 Å². The first kappa shape index (κ1) is 29.0. The number of nitrogens with one attached hydrogen (secondary N) is 1. The number of halogens is 1. The van der Waals surface area contributed by atoms with Crippen LogP contribution in [-0.2, 0) is 16.0 Å². The van der Waals surface area contributed by atoms with E-state index in [1.165, 1.54) is 6.07 Å². The molecule has 0 aliphatic carbocycles. The molecule has 4 aromatic rings. The lowest BCUT2D eigenvalue weighted by Gasteiger charge is -2.34. The Morgan fingerprint density at radius 3 is 2.50 bits per heavy atom. The Kier molecular flexibility index (Phi) is 9.07. The Labute approximate surface area is 233 Å². The van der Waals surface area contributed by atoms with Gasteiger partial charge in [-0.05, 0) is 80.8 Å². The van der Waals surface area contributed by atoms with E-state index in [9.17, 15) is 9.18 Å². The topological polar surface area (TPSA) is 102 Å². The van der Waals surface area contributed by atoms with Crippen molar-refractivity contribution < 1.29 is 18.7 Å². The number of methoxy groups -OCH3 is 1. The van der Waals surface area contributed by atoms with Crippen LogP contribution >= 0.6 is 0 Å². The summed E-state index contributed by atoms with van der Waals surface area (Å²) in [4.78, 5) is 26.8. The van der Waals surface area contributed by atoms with E-state index >= 15 is 0 Å². The summed E-state index contributed by atoms with van der Waals surface area (Å²) < 4.78 is 28.0. The standard InChI is InChI=1S/C30H34FN3O3.CH3NO/c1-18-12-19(2)32-30(35)26(18)15-22-13-24-14-23(27-16-25(36-5)6-7-28(27)31)17-34(24)29(20(22)3)21(4)33-8-10-37-11-9-33;2-1-3/h6-7,12-14,16-17,21H,8-11,15H2,1-5H3,(H,32,35);1H,(H2,2,3). The largest absolute Gasteiger partial charge is 0.497 e. The number of rotatable bonds is 6. The van der Waals surface area contributed by atoms with Crippen molar-refractivity contribution in [1.29, 1.82) is 0 Å². The minimum atomic E-state index is -0.293. The number of benzene rings is 1. The van der Waals surface area contributed by atoms with Crippen molar-refractivity contribution >= 4 is 11.9 Å². The van der Waals surface area contributed by atoms with Gasteiger partial charge in [0.25, 0.3) is 5.56 Å². The number of carbonyl (C=O) groups is 1. The number of hydrogen-bond acceptors (Lipinski definition) is 5. The molecular weight excluding hydrogens is 511 g/mol. The fraction of sp³-hybridized carbons (Fsp3) is 0.355. The normalized spacial score (nSPS) is 14.4. The third-order valence-electron chi connectivity index (χ3n) is 7.63. The van der Waals surface area contributed by atoms with E-state index < -0.39 is 0 Å². The van der Waals surface area contributed by atoms with Crippen LogP contribution < -0.4 is 16.0 Å². The highest BCUT2D eigenvalue weighted by atomic mass is 19.1. The molecule has 9 heteroatoms. The van der Waals surface area contributed by atoms with Gasteiger partial charge in [0, 0.05) is 65.3 Å². The van der Waals surface area contributed by atoms with Gasteiger partial charge in [-0.1, -0.05) is 0 Å². The molecule has 0 radical (unpaired) electrons. The Morgan fingerprint density at radius 1 is 1.15 bits per heavy atom. The highest BCUT2D eigenvalue weighted by Crippen LogP contribution is 2.34. The highest BCUT2D eigenvalue weighted by Gasteiger charge is 2.25. The molecule has 3 aromatic heterocycles. The smallest absolute Gasteiger partial charge is 0.251 e. The highest BCUT2D eigenvalue weighted by molar-refractivity contribution is 5.73. The SMILES string of the molecule is COc1ccc(F)c(-c2cc3cc(Cc4c(C)cc(C)[nH]c4=O)c(C)c(C(C)N4CCOCC4)n3c2)c1.NC=O. The summed E-state index contributed by atoms with van der Waals surface area (Å²) in [5.41, 5.74) is 12.4. The van der Waals surface area contributed by atoms with Crippen molar-refractivity contribution in [2.24, 2.45) is 5.73 Å². The number of morpholine rings is 1. The number of H-pyrrole nitrogens is 1. The number of nitrogens with two attached hydrogens (primary N) is 1. The van der Waals surface area contributed by atoms with Crippen LogP contribution in [0, 0.1) is 26.6 Å². The number of primary amides is 1. The first-order valence-electron chi connectivity index (χ1n) is 13.3. The molecule has 1 fully saturated rings. The predicted octanol–water partition coefficient (Wildman–Crippen LogP) is 4.45. The Balaban J connectivity index is 0.00000118. The lowest BCUT2D eigenvalue weighted by atomic mass is 9.95. The molecule has 4 heterocycles. The third-order valence-corrected chi connectivity index (χ3v) is 7.63. The molecule has 1 aliphatic heterocycles. The zero-order valence-corrected chi connectivity index (χ0v) is 23.7. The fourth-order valence-electron chi connectivity index (χ4n) is 5.56. The number of nitrogens with zero attached hydrogens (tertiary/aromatic N) is 2. The van der Waals surface area contributed by atoms with Crippen molar-refractivity contribution in [3.63, 3.8) is 0 Å². The number of pyridine rings is 2. The van der Waals surface area contributed by atoms with Crippen molar-refractivity contribution in [1.82, 2.24) is 14.3 Å². The molecule has 1 atom stereocenters. The summed E-state index contributed by atoms with van der Waals surface area (Å²) in [6.07, 6.45) is 2.79. The monoisotopic (exact) mass is 548 g/mol. The lowest BCUT2D eigenvalue weighted by molar-refractivity contribution is -0.106. The zero-order valence-electron chi connectivity index (χ0n) is 23.7. The molecule has 8 nitrogen and oxygen atoms in total. The minimum absolute atomic E-state index is 0.0472. The molecular formula is C31H37FN4O4. The Hall–Kier alpha value is -3.95. The van der Waals surface area contributed by atoms with Crippen LogP contribution in [0.1, 0.15) is 46.6 Å². The summed E-state index contributed by atoms with van der Waals surface area (Å²) in [5, 5.41) is 0. The molecule has 0 bridgehead atoms. The second-order valence-corrected chi connectivity index (χ2v) is 10.1. The molecule has 1 unspecified atom stereocenters. The molecule has 0 saturated carbocycles. The molecule has 40 heavy (non-hydrogen) atoms. The van der Waals surface area contributed by atoms with Gasteiger partial charge in [-0.2, -0.15) is 0 Å². The maximum Gasteiger partial charge on any atom is 0.251 e. The number of ether oxygens (including phenoxy) is 2. The molecule has 1 amide bonds. The molecule has 212 valence electrons. The Bertz CT molecular complexity index is 1570. The first-order chi connectivity index (χ1) is 19.2. The third kappa shape index (κ3) is 5.95. The zero-order chi connectivity index (χ0) is 29.0. The quantitative estimate of drug-likeness (QED) is 0.347. The molecule has 0 spiro atoms. The number of aromatic nitrogens is 2. The fourth-order valence-corrected chi connectivity index (χ4v) is 5.56. The van der Waals surface area contributed by atoms with E-state index in [-0.39, 0.29) is 23.8 Å². The maximum absolute atomic E-state index is 14.9. The predicted molar refractivity (Wildman–Crippen MR) is 154 cm³/mol. The molecule has 3 N–H and O–H groups in total. The van der Waals surface area contributed by atoms with Crippen LogP contribution in [-0.4, -0.2) is 54.1 Å². The van der Waals surface area contributed by atoms with Crippen molar-refractivity contribution in [2.45, 2.75) is 40.2 Å². The van der Waals surface area contributed by atoms with Gasteiger partial charge in [0.15, 0.2) is 0 Å². The van der Waals surface area contributed by atoms with Crippen LogP contribution in [0.3, 0.4) is 0 Å². The van der Waals surface area contributed by atoms with Crippen molar-refractivity contribution in [2.75, 3.05) is 33.4 Å². The van der Waals surface area contributed by atoms with Crippen LogP contribution in [0.2, 0.25) is 0 Å². The number of carbonyl (C=O) groups excluding carboxylic acids is 1. The van der Waals surface area contributed by atoms with Crippen LogP contribution in [0.5, 0.6) is 5.75 Å². The summed E-state index contributed by atoms with van der Waals surface area (Å²) in [6.45, 7) is 11.3. The Morgan fingerprint density at radius 2 is 1.85 bits per heavy atom. The summed E-state index contributed by atoms with van der Waals surface area (Å²) in [5.74, 6) is 0.317. The average molecular weight is 549 g/mol. The van der Waals surface area contributed by atoms with E-state index in [1.807, 2.05) is 32.2 Å². The molecule has 1 aromatic carbocycles. The number of aromatic amines is 1. The van der Waals surface area contributed by atoms with E-state index in [2.05, 4.69) is 39.9 Å². The minimum Gasteiger partial charge on any atom is -0.497 e. The number of fused-ring (bicyclic) bond motifs is 1. The summed E-state index contributed by atoms with van der Waals surface area (Å²) in [6, 6.07) is 11.1. The molecule has 1 aliphatic rings. The van der Waals surface area contributed by atoms with Gasteiger partial charge in [-0.15, -0.1) is 0 Å². The van der Waals surface area contributed by atoms with E-state index in [4.69, 9.17) is 14.3 Å². The van der Waals surface area contributed by atoms with Gasteiger partial charge in [0.05, 0.1) is 20.3 Å². The van der Waals surface area contributed by atoms with Gasteiger partial charge in [-0.3, -0.25) is 14.5 Å². The van der Waals surface area contributed by atoms with Gasteiger partial charge in [-0.25, -0.2) is 4.39 Å². The number of amides is 1. The second-order valence-electron chi connectivity index (χ2n) is 10.1. The van der Waals surface area contributed by atoms with Gasteiger partial charge >= 0.3 is 0 Å². The number of hydrogen-bond donors (Lipinski definition) is 2. The number of aryl methyl sites for hydroxylation is 2. The van der Waals surface area contributed by atoms with Crippen molar-refractivity contribution in [3.8, 4) is 16.9 Å². The van der Waals surface area contributed by atoms with E-state index in [0.717, 1.165) is 57.8 Å². The van der Waals surface area contributed by atoms with E-state index in [0.29, 0.717) is 30.9 Å². The van der Waals surface area contributed by atoms with Gasteiger partial charge in [0.2, 0.25) is 6.41 Å².